The first-order chi connectivity index (χ1) is 15.7. The summed E-state index contributed by atoms with van der Waals surface area (Å²) in [5.41, 5.74) is 1.17. The van der Waals surface area contributed by atoms with Crippen LogP contribution in [0.15, 0.2) is 53.7 Å². The van der Waals surface area contributed by atoms with Crippen LogP contribution in [-0.2, 0) is 23.6 Å². The van der Waals surface area contributed by atoms with E-state index < -0.39 is 21.7 Å². The fourth-order valence-electron chi connectivity index (χ4n) is 3.22. The van der Waals surface area contributed by atoms with Gasteiger partial charge in [0.05, 0.1) is 35.6 Å². The van der Waals surface area contributed by atoms with E-state index in [0.29, 0.717) is 16.6 Å². The van der Waals surface area contributed by atoms with E-state index in [1.54, 1.807) is 13.1 Å². The molecule has 2 heterocycles. The minimum Gasteiger partial charge on any atom is -0.394 e. The fourth-order valence-corrected chi connectivity index (χ4v) is 4.40. The van der Waals surface area contributed by atoms with Gasteiger partial charge in [0, 0.05) is 24.3 Å². The molecule has 4 rings (SSSR count). The topological polar surface area (TPSA) is 131 Å². The molecule has 2 aromatic heterocycles. The number of aromatic nitrogens is 4. The summed E-state index contributed by atoms with van der Waals surface area (Å²) in [4.78, 5) is 12.8. The number of carbonyl (C=O) groups is 1. The van der Waals surface area contributed by atoms with Crippen LogP contribution in [0.2, 0.25) is 5.02 Å². The van der Waals surface area contributed by atoms with Crippen LogP contribution in [0, 0.1) is 5.82 Å². The predicted molar refractivity (Wildman–Crippen MR) is 120 cm³/mol. The Morgan fingerprint density at radius 2 is 1.97 bits per heavy atom. The van der Waals surface area contributed by atoms with Gasteiger partial charge in [-0.1, -0.05) is 11.6 Å². The van der Waals surface area contributed by atoms with Gasteiger partial charge >= 0.3 is 0 Å². The Balaban J connectivity index is 1.59. The predicted octanol–water partition coefficient (Wildman–Crippen LogP) is 2.61. The van der Waals surface area contributed by atoms with Gasteiger partial charge < -0.3 is 10.4 Å². The second kappa shape index (κ2) is 8.81. The number of sulfonamides is 1. The first-order valence-corrected chi connectivity index (χ1v) is 11.4. The van der Waals surface area contributed by atoms with E-state index in [4.69, 9.17) is 16.7 Å². The van der Waals surface area contributed by atoms with Crippen molar-refractivity contribution in [3.63, 3.8) is 0 Å². The molecule has 0 spiro atoms. The minimum absolute atomic E-state index is 0.0601. The molecule has 13 heteroatoms. The van der Waals surface area contributed by atoms with Gasteiger partial charge in [-0.15, -0.1) is 0 Å². The number of halogens is 2. The maximum Gasteiger partial charge on any atom is 0.274 e. The van der Waals surface area contributed by atoms with Crippen molar-refractivity contribution in [3.05, 3.63) is 65.3 Å². The van der Waals surface area contributed by atoms with Crippen LogP contribution in [-0.4, -0.2) is 45.6 Å². The zero-order chi connectivity index (χ0) is 23.8. The zero-order valence-electron chi connectivity index (χ0n) is 17.2. The molecule has 0 unspecified atom stereocenters. The van der Waals surface area contributed by atoms with Crippen LogP contribution in [0.4, 0.5) is 15.8 Å². The Bertz CT molecular complexity index is 1470. The third-order valence-electron chi connectivity index (χ3n) is 4.73. The van der Waals surface area contributed by atoms with E-state index in [0.717, 1.165) is 6.07 Å². The number of amides is 1. The van der Waals surface area contributed by atoms with E-state index >= 15 is 0 Å². The summed E-state index contributed by atoms with van der Waals surface area (Å²) < 4.78 is 43.8. The second-order valence-electron chi connectivity index (χ2n) is 7.06. The largest absolute Gasteiger partial charge is 0.394 e. The number of fused-ring (bicyclic) bond motifs is 1. The van der Waals surface area contributed by atoms with Crippen molar-refractivity contribution in [2.75, 3.05) is 16.6 Å². The van der Waals surface area contributed by atoms with Crippen molar-refractivity contribution >= 4 is 49.8 Å². The summed E-state index contributed by atoms with van der Waals surface area (Å²) in [5, 5.41) is 20.1. The summed E-state index contributed by atoms with van der Waals surface area (Å²) >= 11 is 5.76. The third-order valence-corrected chi connectivity index (χ3v) is 6.35. The lowest BCUT2D eigenvalue weighted by atomic mass is 10.2. The second-order valence-corrected chi connectivity index (χ2v) is 9.14. The number of nitrogens with zero attached hydrogens (tertiary/aromatic N) is 4. The molecule has 0 aliphatic heterocycles. The first-order valence-electron chi connectivity index (χ1n) is 9.57. The van der Waals surface area contributed by atoms with Crippen LogP contribution in [0.5, 0.6) is 0 Å². The van der Waals surface area contributed by atoms with Crippen LogP contribution in [0.1, 0.15) is 10.5 Å². The Hall–Kier alpha value is -3.48. The highest BCUT2D eigenvalue weighted by atomic mass is 35.5. The van der Waals surface area contributed by atoms with Crippen LogP contribution < -0.4 is 10.0 Å². The SMILES string of the molecule is Cn1nc2cc(NS(=O)(=O)c3cnn(CCO)c3)ccc2c1C(=O)Nc1ccc(F)c(Cl)c1. The van der Waals surface area contributed by atoms with Gasteiger partial charge in [0.1, 0.15) is 16.4 Å². The van der Waals surface area contributed by atoms with Gasteiger partial charge in [0.25, 0.3) is 15.9 Å². The van der Waals surface area contributed by atoms with Crippen molar-refractivity contribution in [2.24, 2.45) is 7.05 Å². The number of aliphatic hydroxyl groups excluding tert-OH is 1. The average Bonchev–Trinajstić information content (AvgIpc) is 3.34. The van der Waals surface area contributed by atoms with Gasteiger partial charge in [-0.2, -0.15) is 10.2 Å². The number of carbonyl (C=O) groups excluding carboxylic acids is 1. The van der Waals surface area contributed by atoms with Gasteiger partial charge in [0.15, 0.2) is 0 Å². The van der Waals surface area contributed by atoms with Crippen LogP contribution >= 0.6 is 11.6 Å². The van der Waals surface area contributed by atoms with Gasteiger partial charge in [0.2, 0.25) is 0 Å². The lowest BCUT2D eigenvalue weighted by Gasteiger charge is -2.07. The molecule has 3 N–H and O–H groups in total. The standard InChI is InChI=1S/C20H18ClFN6O4S/c1-27-19(20(30)24-12-3-5-17(22)16(21)8-12)15-4-2-13(9-18(15)25-27)26-33(31,32)14-10-23-28(11-14)6-7-29/h2-5,8-11,26,29H,6-7H2,1H3,(H,24,30). The van der Waals surface area contributed by atoms with Crippen LogP contribution in [0.25, 0.3) is 10.9 Å². The number of hydrogen-bond donors (Lipinski definition) is 3. The van der Waals surface area contributed by atoms with Crippen molar-refractivity contribution < 1.29 is 22.7 Å². The highest BCUT2D eigenvalue weighted by Gasteiger charge is 2.20. The average molecular weight is 493 g/mol. The van der Waals surface area contributed by atoms with Crippen molar-refractivity contribution in [3.8, 4) is 0 Å². The van der Waals surface area contributed by atoms with Crippen LogP contribution in [0.3, 0.4) is 0 Å². The smallest absolute Gasteiger partial charge is 0.274 e. The minimum atomic E-state index is -3.92. The fraction of sp³-hybridized carbons (Fsp3) is 0.150. The molecule has 0 saturated heterocycles. The summed E-state index contributed by atoms with van der Waals surface area (Å²) in [6.07, 6.45) is 2.49. The van der Waals surface area contributed by atoms with E-state index in [-0.39, 0.29) is 34.5 Å². The molecular weight excluding hydrogens is 475 g/mol. The highest BCUT2D eigenvalue weighted by Crippen LogP contribution is 2.25. The first kappa shape index (κ1) is 22.7. The maximum absolute atomic E-state index is 13.4. The van der Waals surface area contributed by atoms with Crippen molar-refractivity contribution in [2.45, 2.75) is 11.4 Å². The van der Waals surface area contributed by atoms with E-state index in [1.165, 1.54) is 46.0 Å². The number of rotatable bonds is 7. The summed E-state index contributed by atoms with van der Waals surface area (Å²) in [7, 11) is -2.34. The molecule has 2 aromatic carbocycles. The Morgan fingerprint density at radius 3 is 2.70 bits per heavy atom. The molecule has 0 fully saturated rings. The van der Waals surface area contributed by atoms with E-state index in [1.807, 2.05) is 0 Å². The lowest BCUT2D eigenvalue weighted by molar-refractivity contribution is 0.101. The lowest BCUT2D eigenvalue weighted by Crippen LogP contribution is -2.16. The Kier molecular flexibility index (Phi) is 6.06. The van der Waals surface area contributed by atoms with Gasteiger partial charge in [-0.3, -0.25) is 18.9 Å². The number of hydrogen-bond acceptors (Lipinski definition) is 6. The number of nitrogens with one attached hydrogen (secondary N) is 2. The Labute approximate surface area is 192 Å². The quantitative estimate of drug-likeness (QED) is 0.363. The molecule has 0 bridgehead atoms. The molecule has 0 atom stereocenters. The molecule has 33 heavy (non-hydrogen) atoms. The third kappa shape index (κ3) is 4.67. The normalized spacial score (nSPS) is 11.6. The van der Waals surface area contributed by atoms with E-state index in [9.17, 15) is 17.6 Å². The number of aliphatic hydroxyl groups is 1. The molecule has 0 radical (unpaired) electrons. The zero-order valence-corrected chi connectivity index (χ0v) is 18.7. The number of aryl methyl sites for hydroxylation is 1. The van der Waals surface area contributed by atoms with Crippen molar-refractivity contribution in [1.29, 1.82) is 0 Å². The van der Waals surface area contributed by atoms with Gasteiger partial charge in [-0.05, 0) is 36.4 Å². The maximum atomic E-state index is 13.4. The molecule has 0 aliphatic rings. The molecule has 10 nitrogen and oxygen atoms in total. The van der Waals surface area contributed by atoms with Gasteiger partial charge in [-0.25, -0.2) is 12.8 Å². The molecule has 1 amide bonds. The molecule has 0 saturated carbocycles. The molecule has 4 aromatic rings. The molecule has 172 valence electrons. The van der Waals surface area contributed by atoms with Crippen molar-refractivity contribution in [1.82, 2.24) is 19.6 Å². The molecule has 0 aliphatic carbocycles. The summed E-state index contributed by atoms with van der Waals surface area (Å²) in [5.74, 6) is -1.09. The summed E-state index contributed by atoms with van der Waals surface area (Å²) in [6, 6.07) is 8.39. The summed E-state index contributed by atoms with van der Waals surface area (Å²) in [6.45, 7) is -0.000563. The Morgan fingerprint density at radius 1 is 1.21 bits per heavy atom. The number of benzene rings is 2. The monoisotopic (exact) mass is 492 g/mol. The molecular formula is C20H18ClFN6O4S. The highest BCUT2D eigenvalue weighted by molar-refractivity contribution is 7.92. The number of anilines is 2. The van der Waals surface area contributed by atoms with E-state index in [2.05, 4.69) is 20.2 Å².